The maximum atomic E-state index is 13.2. The number of hydrogen-bond donors (Lipinski definition) is 1. The molecule has 0 saturated heterocycles. The molecule has 1 N–H and O–H groups in total. The number of hydrogen-bond acceptors (Lipinski definition) is 1. The summed E-state index contributed by atoms with van der Waals surface area (Å²) in [6.45, 7) is 4.81. The second-order valence-electron chi connectivity index (χ2n) is 5.80. The summed E-state index contributed by atoms with van der Waals surface area (Å²) in [6.07, 6.45) is -1.16. The molecule has 0 spiro atoms. The first-order valence-corrected chi connectivity index (χ1v) is 7.33. The minimum absolute atomic E-state index is 0.192. The first-order chi connectivity index (χ1) is 9.43. The standard InChI is InChI=1S/C16H22F3N/c1-3-20-15(12-9-8-11(2)10-12)13-6-4-5-7-14(13)16(17,18)19/h4-7,11-12,15,20H,3,8-10H2,1-2H3. The second kappa shape index (κ2) is 6.17. The Hall–Kier alpha value is -1.03. The van der Waals surface area contributed by atoms with Gasteiger partial charge in [-0.05, 0) is 42.9 Å². The molecular weight excluding hydrogens is 263 g/mol. The van der Waals surface area contributed by atoms with E-state index in [2.05, 4.69) is 12.2 Å². The average molecular weight is 285 g/mol. The van der Waals surface area contributed by atoms with Crippen molar-refractivity contribution in [3.63, 3.8) is 0 Å². The third kappa shape index (κ3) is 3.35. The molecule has 0 amide bonds. The molecule has 1 aliphatic rings. The molecule has 0 aromatic heterocycles. The van der Waals surface area contributed by atoms with Crippen molar-refractivity contribution >= 4 is 0 Å². The van der Waals surface area contributed by atoms with Crippen molar-refractivity contribution in [1.29, 1.82) is 0 Å². The van der Waals surface area contributed by atoms with Crippen molar-refractivity contribution in [3.05, 3.63) is 35.4 Å². The fraction of sp³-hybridized carbons (Fsp3) is 0.625. The van der Waals surface area contributed by atoms with Crippen LogP contribution in [-0.4, -0.2) is 6.54 Å². The van der Waals surface area contributed by atoms with E-state index in [-0.39, 0.29) is 6.04 Å². The van der Waals surface area contributed by atoms with E-state index in [1.165, 1.54) is 12.1 Å². The van der Waals surface area contributed by atoms with Crippen molar-refractivity contribution < 1.29 is 13.2 Å². The van der Waals surface area contributed by atoms with Gasteiger partial charge < -0.3 is 5.32 Å². The fourth-order valence-corrected chi connectivity index (χ4v) is 3.33. The molecule has 2 rings (SSSR count). The van der Waals surface area contributed by atoms with Gasteiger partial charge in [0.05, 0.1) is 5.56 Å². The lowest BCUT2D eigenvalue weighted by molar-refractivity contribution is -0.138. The van der Waals surface area contributed by atoms with Crippen LogP contribution in [0.1, 0.15) is 50.3 Å². The highest BCUT2D eigenvalue weighted by Gasteiger charge is 2.38. The summed E-state index contributed by atoms with van der Waals surface area (Å²) in [5.41, 5.74) is -0.0912. The molecule has 1 aromatic rings. The number of rotatable bonds is 4. The summed E-state index contributed by atoms with van der Waals surface area (Å²) >= 11 is 0. The predicted molar refractivity (Wildman–Crippen MR) is 74.4 cm³/mol. The van der Waals surface area contributed by atoms with E-state index >= 15 is 0 Å². The van der Waals surface area contributed by atoms with Gasteiger partial charge in [-0.25, -0.2) is 0 Å². The smallest absolute Gasteiger partial charge is 0.310 e. The van der Waals surface area contributed by atoms with Crippen LogP contribution in [0.3, 0.4) is 0 Å². The fourth-order valence-electron chi connectivity index (χ4n) is 3.33. The summed E-state index contributed by atoms with van der Waals surface area (Å²) < 4.78 is 39.6. The summed E-state index contributed by atoms with van der Waals surface area (Å²) in [7, 11) is 0. The normalized spacial score (nSPS) is 24.9. The summed E-state index contributed by atoms with van der Waals surface area (Å²) in [6, 6.07) is 5.79. The molecule has 1 saturated carbocycles. The Kier molecular flexibility index (Phi) is 4.74. The predicted octanol–water partition coefficient (Wildman–Crippen LogP) is 4.79. The molecule has 1 nitrogen and oxygen atoms in total. The van der Waals surface area contributed by atoms with Gasteiger partial charge in [-0.3, -0.25) is 0 Å². The molecule has 0 aliphatic heterocycles. The van der Waals surface area contributed by atoms with Gasteiger partial charge >= 0.3 is 6.18 Å². The molecule has 0 bridgehead atoms. The van der Waals surface area contributed by atoms with Crippen LogP contribution < -0.4 is 5.32 Å². The Labute approximate surface area is 118 Å². The highest BCUT2D eigenvalue weighted by atomic mass is 19.4. The quantitative estimate of drug-likeness (QED) is 0.838. The zero-order valence-corrected chi connectivity index (χ0v) is 12.0. The minimum atomic E-state index is -4.28. The topological polar surface area (TPSA) is 12.0 Å². The van der Waals surface area contributed by atoms with Crippen LogP contribution in [0.2, 0.25) is 0 Å². The molecule has 3 atom stereocenters. The van der Waals surface area contributed by atoms with Crippen molar-refractivity contribution in [1.82, 2.24) is 5.32 Å². The second-order valence-corrected chi connectivity index (χ2v) is 5.80. The molecule has 20 heavy (non-hydrogen) atoms. The highest BCUT2D eigenvalue weighted by Crippen LogP contribution is 2.42. The lowest BCUT2D eigenvalue weighted by Gasteiger charge is -2.27. The lowest BCUT2D eigenvalue weighted by atomic mass is 9.88. The zero-order valence-electron chi connectivity index (χ0n) is 12.0. The van der Waals surface area contributed by atoms with Gasteiger partial charge in [0, 0.05) is 6.04 Å². The van der Waals surface area contributed by atoms with Crippen LogP contribution in [-0.2, 0) is 6.18 Å². The number of nitrogens with one attached hydrogen (secondary N) is 1. The van der Waals surface area contributed by atoms with Crippen LogP contribution in [0, 0.1) is 11.8 Å². The Bertz CT molecular complexity index is 442. The molecule has 112 valence electrons. The van der Waals surface area contributed by atoms with Gasteiger partial charge in [0.2, 0.25) is 0 Å². The number of benzene rings is 1. The largest absolute Gasteiger partial charge is 0.416 e. The van der Waals surface area contributed by atoms with Crippen LogP contribution in [0.4, 0.5) is 13.2 Å². The van der Waals surface area contributed by atoms with Gasteiger partial charge in [0.1, 0.15) is 0 Å². The van der Waals surface area contributed by atoms with E-state index < -0.39 is 11.7 Å². The molecular formula is C16H22F3N. The third-order valence-corrected chi connectivity index (χ3v) is 4.23. The van der Waals surface area contributed by atoms with Gasteiger partial charge in [-0.1, -0.05) is 38.5 Å². The van der Waals surface area contributed by atoms with Crippen LogP contribution >= 0.6 is 0 Å². The highest BCUT2D eigenvalue weighted by molar-refractivity contribution is 5.33. The average Bonchev–Trinajstić information content (AvgIpc) is 2.81. The monoisotopic (exact) mass is 285 g/mol. The van der Waals surface area contributed by atoms with Gasteiger partial charge in [-0.15, -0.1) is 0 Å². The first kappa shape index (κ1) is 15.4. The van der Waals surface area contributed by atoms with E-state index in [1.54, 1.807) is 12.1 Å². The molecule has 4 heteroatoms. The van der Waals surface area contributed by atoms with Crippen molar-refractivity contribution in [2.45, 2.75) is 45.3 Å². The van der Waals surface area contributed by atoms with Gasteiger partial charge in [0.15, 0.2) is 0 Å². The van der Waals surface area contributed by atoms with E-state index in [0.717, 1.165) is 19.3 Å². The maximum Gasteiger partial charge on any atom is 0.416 e. The molecule has 1 fully saturated rings. The van der Waals surface area contributed by atoms with E-state index in [9.17, 15) is 13.2 Å². The van der Waals surface area contributed by atoms with Crippen LogP contribution in [0.5, 0.6) is 0 Å². The molecule has 0 heterocycles. The number of halogens is 3. The minimum Gasteiger partial charge on any atom is -0.310 e. The first-order valence-electron chi connectivity index (χ1n) is 7.33. The third-order valence-electron chi connectivity index (χ3n) is 4.23. The van der Waals surface area contributed by atoms with Crippen LogP contribution in [0.15, 0.2) is 24.3 Å². The zero-order chi connectivity index (χ0) is 14.8. The Balaban J connectivity index is 2.34. The summed E-state index contributed by atoms with van der Waals surface area (Å²) in [4.78, 5) is 0. The van der Waals surface area contributed by atoms with E-state index in [4.69, 9.17) is 0 Å². The molecule has 1 aliphatic carbocycles. The van der Waals surface area contributed by atoms with Crippen molar-refractivity contribution in [2.24, 2.45) is 11.8 Å². The summed E-state index contributed by atoms with van der Waals surface area (Å²) in [5, 5.41) is 3.27. The number of alkyl halides is 3. The van der Waals surface area contributed by atoms with Crippen molar-refractivity contribution in [2.75, 3.05) is 6.54 Å². The Morgan fingerprint density at radius 3 is 2.50 bits per heavy atom. The Morgan fingerprint density at radius 2 is 1.95 bits per heavy atom. The van der Waals surface area contributed by atoms with E-state index in [1.807, 2.05) is 6.92 Å². The van der Waals surface area contributed by atoms with E-state index in [0.29, 0.717) is 23.9 Å². The summed E-state index contributed by atoms with van der Waals surface area (Å²) in [5.74, 6) is 0.910. The lowest BCUT2D eigenvalue weighted by Crippen LogP contribution is -2.29. The SMILES string of the molecule is CCNC(c1ccccc1C(F)(F)F)C1CCC(C)C1. The van der Waals surface area contributed by atoms with Crippen LogP contribution in [0.25, 0.3) is 0 Å². The molecule has 0 radical (unpaired) electrons. The molecule has 3 unspecified atom stereocenters. The Morgan fingerprint density at radius 1 is 1.25 bits per heavy atom. The van der Waals surface area contributed by atoms with Gasteiger partial charge in [0.25, 0.3) is 0 Å². The molecule has 1 aromatic carbocycles. The van der Waals surface area contributed by atoms with Gasteiger partial charge in [-0.2, -0.15) is 13.2 Å². The van der Waals surface area contributed by atoms with Crippen molar-refractivity contribution in [3.8, 4) is 0 Å². The maximum absolute atomic E-state index is 13.2.